The molecule has 1 saturated heterocycles. The molecular formula is C10H19Cl2N3. The van der Waals surface area contributed by atoms with Crippen LogP contribution in [-0.2, 0) is 0 Å². The molecule has 2 rings (SSSR count). The molecule has 1 aromatic rings. The van der Waals surface area contributed by atoms with Gasteiger partial charge in [0.05, 0.1) is 5.69 Å². The summed E-state index contributed by atoms with van der Waals surface area (Å²) in [6, 6.07) is 0. The van der Waals surface area contributed by atoms with E-state index in [-0.39, 0.29) is 24.8 Å². The molecule has 0 spiro atoms. The van der Waals surface area contributed by atoms with Crippen LogP contribution in [-0.4, -0.2) is 23.1 Å². The third kappa shape index (κ3) is 3.37. The second-order valence-electron chi connectivity index (χ2n) is 3.86. The molecule has 0 aliphatic carbocycles. The summed E-state index contributed by atoms with van der Waals surface area (Å²) in [5.41, 5.74) is 2.54. The molecule has 1 aromatic heterocycles. The molecular weight excluding hydrogens is 233 g/mol. The van der Waals surface area contributed by atoms with Gasteiger partial charge in [0.2, 0.25) is 0 Å². The van der Waals surface area contributed by atoms with Crippen LogP contribution in [0.5, 0.6) is 0 Å². The van der Waals surface area contributed by atoms with Gasteiger partial charge in [-0.25, -0.2) is 4.98 Å². The number of imidazole rings is 1. The number of hydrogen-bond acceptors (Lipinski definition) is 2. The molecule has 0 saturated carbocycles. The molecule has 15 heavy (non-hydrogen) atoms. The summed E-state index contributed by atoms with van der Waals surface area (Å²) >= 11 is 0. The predicted molar refractivity (Wildman–Crippen MR) is 67.4 cm³/mol. The smallest absolute Gasteiger partial charge is 0.103 e. The van der Waals surface area contributed by atoms with Crippen molar-refractivity contribution in [1.29, 1.82) is 0 Å². The maximum Gasteiger partial charge on any atom is 0.103 e. The van der Waals surface area contributed by atoms with Crippen molar-refractivity contribution in [2.75, 3.05) is 13.1 Å². The number of hydrogen-bond donors (Lipinski definition) is 2. The van der Waals surface area contributed by atoms with Gasteiger partial charge in [0.25, 0.3) is 0 Å². The molecule has 2 N–H and O–H groups in total. The molecule has 0 bridgehead atoms. The Labute approximate surface area is 103 Å². The fourth-order valence-electron chi connectivity index (χ4n) is 2.12. The van der Waals surface area contributed by atoms with Gasteiger partial charge in [0.15, 0.2) is 0 Å². The third-order valence-electron chi connectivity index (χ3n) is 2.77. The van der Waals surface area contributed by atoms with E-state index in [4.69, 9.17) is 0 Å². The Morgan fingerprint density at radius 2 is 1.73 bits per heavy atom. The van der Waals surface area contributed by atoms with Gasteiger partial charge >= 0.3 is 0 Å². The topological polar surface area (TPSA) is 40.7 Å². The number of H-pyrrole nitrogens is 1. The number of piperidine rings is 1. The number of aromatic amines is 1. The molecule has 88 valence electrons. The Kier molecular flexibility index (Phi) is 6.25. The van der Waals surface area contributed by atoms with E-state index in [2.05, 4.69) is 22.2 Å². The molecule has 0 atom stereocenters. The van der Waals surface area contributed by atoms with Crippen molar-refractivity contribution in [1.82, 2.24) is 15.3 Å². The minimum Gasteiger partial charge on any atom is -0.346 e. The lowest BCUT2D eigenvalue weighted by atomic mass is 9.94. The van der Waals surface area contributed by atoms with Crippen molar-refractivity contribution in [2.24, 2.45) is 0 Å². The van der Waals surface area contributed by atoms with Crippen LogP contribution in [0, 0.1) is 13.8 Å². The zero-order chi connectivity index (χ0) is 9.26. The quantitative estimate of drug-likeness (QED) is 0.805. The summed E-state index contributed by atoms with van der Waals surface area (Å²) in [5.74, 6) is 1.72. The Balaban J connectivity index is 0.000000980. The van der Waals surface area contributed by atoms with Gasteiger partial charge in [0.1, 0.15) is 5.82 Å². The lowest BCUT2D eigenvalue weighted by Gasteiger charge is -2.21. The zero-order valence-corrected chi connectivity index (χ0v) is 10.8. The first-order valence-electron chi connectivity index (χ1n) is 5.01. The lowest BCUT2D eigenvalue weighted by molar-refractivity contribution is 0.453. The fraction of sp³-hybridized carbons (Fsp3) is 0.700. The lowest BCUT2D eigenvalue weighted by Crippen LogP contribution is -2.27. The van der Waals surface area contributed by atoms with Crippen LogP contribution in [0.25, 0.3) is 0 Å². The fourth-order valence-corrected chi connectivity index (χ4v) is 2.12. The highest BCUT2D eigenvalue weighted by Crippen LogP contribution is 2.25. The molecule has 3 nitrogen and oxygen atoms in total. The Morgan fingerprint density at radius 1 is 1.13 bits per heavy atom. The highest BCUT2D eigenvalue weighted by molar-refractivity contribution is 5.85. The number of nitrogens with one attached hydrogen (secondary N) is 2. The molecule has 0 aromatic carbocycles. The van der Waals surface area contributed by atoms with Crippen LogP contribution in [0.2, 0.25) is 0 Å². The van der Waals surface area contributed by atoms with Gasteiger partial charge in [-0.05, 0) is 39.8 Å². The van der Waals surface area contributed by atoms with Gasteiger partial charge in [-0.15, -0.1) is 24.8 Å². The molecule has 0 amide bonds. The summed E-state index contributed by atoms with van der Waals surface area (Å²) in [6.45, 7) is 6.42. The minimum absolute atomic E-state index is 0. The maximum absolute atomic E-state index is 4.55. The number of halogens is 2. The van der Waals surface area contributed by atoms with Crippen molar-refractivity contribution in [3.8, 4) is 0 Å². The number of rotatable bonds is 1. The number of nitrogens with zero attached hydrogens (tertiary/aromatic N) is 1. The summed E-state index contributed by atoms with van der Waals surface area (Å²) in [7, 11) is 0. The van der Waals surface area contributed by atoms with Crippen molar-refractivity contribution in [3.05, 3.63) is 17.2 Å². The molecule has 5 heteroatoms. The van der Waals surface area contributed by atoms with Crippen LogP contribution in [0.4, 0.5) is 0 Å². The number of aromatic nitrogens is 2. The molecule has 1 aliphatic rings. The van der Waals surface area contributed by atoms with E-state index in [9.17, 15) is 0 Å². The number of aryl methyl sites for hydroxylation is 2. The molecule has 0 unspecified atom stereocenters. The Morgan fingerprint density at radius 3 is 2.20 bits per heavy atom. The van der Waals surface area contributed by atoms with E-state index in [1.165, 1.54) is 24.2 Å². The highest BCUT2D eigenvalue weighted by atomic mass is 35.5. The van der Waals surface area contributed by atoms with E-state index in [1.807, 2.05) is 6.92 Å². The average Bonchev–Trinajstić information content (AvgIpc) is 2.47. The van der Waals surface area contributed by atoms with Crippen LogP contribution in [0.15, 0.2) is 0 Å². The second-order valence-corrected chi connectivity index (χ2v) is 3.86. The monoisotopic (exact) mass is 251 g/mol. The summed E-state index contributed by atoms with van der Waals surface area (Å²) in [4.78, 5) is 7.82. The van der Waals surface area contributed by atoms with Crippen LogP contribution < -0.4 is 5.32 Å². The van der Waals surface area contributed by atoms with Crippen LogP contribution in [0.1, 0.15) is 36.0 Å². The minimum atomic E-state index is 0. The standard InChI is InChI=1S/C10H17N3.2ClH/c1-7-10(13-8(2)12-7)9-3-5-11-6-4-9;;/h9,11H,3-6H2,1-2H3,(H,12,13);2*1H. The van der Waals surface area contributed by atoms with Gasteiger partial charge in [-0.3, -0.25) is 0 Å². The Bertz CT molecular complexity index is 293. The van der Waals surface area contributed by atoms with Gasteiger partial charge in [-0.2, -0.15) is 0 Å². The van der Waals surface area contributed by atoms with Crippen molar-refractivity contribution >= 4 is 24.8 Å². The predicted octanol–water partition coefficient (Wildman–Crippen LogP) is 2.34. The SMILES string of the molecule is Cc1nc(C2CCNCC2)c(C)[nH]1.Cl.Cl. The average molecular weight is 252 g/mol. The van der Waals surface area contributed by atoms with Crippen molar-refractivity contribution < 1.29 is 0 Å². The van der Waals surface area contributed by atoms with Crippen LogP contribution in [0.3, 0.4) is 0 Å². The zero-order valence-electron chi connectivity index (χ0n) is 9.17. The van der Waals surface area contributed by atoms with E-state index < -0.39 is 0 Å². The molecule has 1 fully saturated rings. The molecule has 2 heterocycles. The normalized spacial score (nSPS) is 16.7. The van der Waals surface area contributed by atoms with E-state index in [0.717, 1.165) is 18.9 Å². The largest absolute Gasteiger partial charge is 0.346 e. The first-order chi connectivity index (χ1) is 6.27. The summed E-state index contributed by atoms with van der Waals surface area (Å²) in [6.07, 6.45) is 2.45. The molecule has 0 radical (unpaired) electrons. The van der Waals surface area contributed by atoms with E-state index in [1.54, 1.807) is 0 Å². The van der Waals surface area contributed by atoms with Gasteiger partial charge < -0.3 is 10.3 Å². The first-order valence-corrected chi connectivity index (χ1v) is 5.01. The van der Waals surface area contributed by atoms with E-state index >= 15 is 0 Å². The van der Waals surface area contributed by atoms with Crippen molar-refractivity contribution in [2.45, 2.75) is 32.6 Å². The van der Waals surface area contributed by atoms with E-state index in [0.29, 0.717) is 5.92 Å². The van der Waals surface area contributed by atoms with Crippen LogP contribution >= 0.6 is 24.8 Å². The summed E-state index contributed by atoms with van der Waals surface area (Å²) in [5, 5.41) is 3.37. The first kappa shape index (κ1) is 14.8. The van der Waals surface area contributed by atoms with Gasteiger partial charge in [0, 0.05) is 11.6 Å². The molecule has 1 aliphatic heterocycles. The summed E-state index contributed by atoms with van der Waals surface area (Å²) < 4.78 is 0. The third-order valence-corrected chi connectivity index (χ3v) is 2.77. The van der Waals surface area contributed by atoms with Gasteiger partial charge in [-0.1, -0.05) is 0 Å². The Hall–Kier alpha value is -0.250. The second kappa shape index (κ2) is 6.36. The highest BCUT2D eigenvalue weighted by Gasteiger charge is 2.19. The van der Waals surface area contributed by atoms with Crippen molar-refractivity contribution in [3.63, 3.8) is 0 Å². The maximum atomic E-state index is 4.55.